The van der Waals surface area contributed by atoms with Gasteiger partial charge in [0, 0.05) is 13.1 Å². The van der Waals surface area contributed by atoms with Crippen molar-refractivity contribution in [3.63, 3.8) is 0 Å². The zero-order valence-corrected chi connectivity index (χ0v) is 19.2. The first-order valence-corrected chi connectivity index (χ1v) is 10.4. The Morgan fingerprint density at radius 3 is 2.19 bits per heavy atom. The Morgan fingerprint density at radius 1 is 0.806 bits per heavy atom. The molecule has 0 aliphatic heterocycles. The van der Waals surface area contributed by atoms with Crippen molar-refractivity contribution >= 4 is 23.0 Å². The summed E-state index contributed by atoms with van der Waals surface area (Å²) in [6.07, 6.45) is 0. The van der Waals surface area contributed by atoms with Gasteiger partial charge >= 0.3 is 0 Å². The van der Waals surface area contributed by atoms with Crippen LogP contribution in [0.3, 0.4) is 0 Å². The number of nitrogens with one attached hydrogen (secondary N) is 1. The first-order valence-electron chi connectivity index (χ1n) is 9.99. The number of ether oxygens (including phenoxy) is 3. The van der Waals surface area contributed by atoms with Crippen LogP contribution >= 0.6 is 12.2 Å². The van der Waals surface area contributed by atoms with E-state index in [1.165, 1.54) is 0 Å². The molecule has 5 nitrogen and oxygen atoms in total. The van der Waals surface area contributed by atoms with Gasteiger partial charge in [-0.05, 0) is 72.2 Å². The Kier molecular flexibility index (Phi) is 7.73. The van der Waals surface area contributed by atoms with E-state index in [0.717, 1.165) is 39.6 Å². The summed E-state index contributed by atoms with van der Waals surface area (Å²) in [5, 5.41) is 3.98. The summed E-state index contributed by atoms with van der Waals surface area (Å²) >= 11 is 5.82. The Hall–Kier alpha value is -3.25. The van der Waals surface area contributed by atoms with Gasteiger partial charge in [-0.1, -0.05) is 30.3 Å². The predicted molar refractivity (Wildman–Crippen MR) is 129 cm³/mol. The molecule has 0 heterocycles. The van der Waals surface area contributed by atoms with Crippen LogP contribution in [0, 0.1) is 6.92 Å². The highest BCUT2D eigenvalue weighted by molar-refractivity contribution is 7.80. The van der Waals surface area contributed by atoms with Crippen LogP contribution in [0.2, 0.25) is 0 Å². The highest BCUT2D eigenvalue weighted by Gasteiger charge is 2.14. The minimum Gasteiger partial charge on any atom is -0.497 e. The second-order valence-corrected chi connectivity index (χ2v) is 7.58. The molecule has 3 aromatic rings. The summed E-state index contributed by atoms with van der Waals surface area (Å²) in [7, 11) is 4.99. The lowest BCUT2D eigenvalue weighted by Crippen LogP contribution is -2.34. The number of nitrogens with zero attached hydrogens (tertiary/aromatic N) is 1. The molecule has 0 saturated carbocycles. The number of rotatable bonds is 8. The minimum absolute atomic E-state index is 0.613. The van der Waals surface area contributed by atoms with Crippen LogP contribution in [0.25, 0.3) is 0 Å². The third kappa shape index (κ3) is 6.12. The molecule has 0 aliphatic rings. The first kappa shape index (κ1) is 22.4. The Balaban J connectivity index is 1.86. The van der Waals surface area contributed by atoms with Gasteiger partial charge in [0.2, 0.25) is 0 Å². The van der Waals surface area contributed by atoms with Crippen molar-refractivity contribution in [2.24, 2.45) is 0 Å². The summed E-state index contributed by atoms with van der Waals surface area (Å²) in [5.74, 6) is 2.40. The molecule has 0 bridgehead atoms. The summed E-state index contributed by atoms with van der Waals surface area (Å²) in [4.78, 5) is 2.12. The molecule has 6 heteroatoms. The van der Waals surface area contributed by atoms with Crippen LogP contribution < -0.4 is 19.5 Å². The maximum absolute atomic E-state index is 5.82. The summed E-state index contributed by atoms with van der Waals surface area (Å²) < 4.78 is 16.2. The zero-order chi connectivity index (χ0) is 22.2. The quantitative estimate of drug-likeness (QED) is 0.476. The van der Waals surface area contributed by atoms with Crippen LogP contribution in [0.15, 0.2) is 66.7 Å². The van der Waals surface area contributed by atoms with Crippen molar-refractivity contribution in [1.29, 1.82) is 0 Å². The van der Waals surface area contributed by atoms with Gasteiger partial charge in [-0.2, -0.15) is 0 Å². The normalized spacial score (nSPS) is 10.3. The van der Waals surface area contributed by atoms with E-state index in [-0.39, 0.29) is 0 Å². The molecular weight excluding hydrogens is 408 g/mol. The van der Waals surface area contributed by atoms with Gasteiger partial charge in [-0.25, -0.2) is 0 Å². The van der Waals surface area contributed by atoms with Crippen LogP contribution in [-0.2, 0) is 13.1 Å². The highest BCUT2D eigenvalue weighted by Crippen LogP contribution is 2.26. The molecule has 3 rings (SSSR count). The standard InChI is InChI=1S/C25H28N2O3S/c1-18-8-13-24(30-4)23(14-18)26-25(31)27(16-19-9-11-21(28-2)12-10-19)17-20-6-5-7-22(15-20)29-3/h5-15H,16-17H2,1-4H3,(H,26,31). The fourth-order valence-corrected chi connectivity index (χ4v) is 3.49. The van der Waals surface area contributed by atoms with Crippen LogP contribution in [0.4, 0.5) is 5.69 Å². The molecule has 0 unspecified atom stereocenters. The van der Waals surface area contributed by atoms with Gasteiger partial charge < -0.3 is 24.4 Å². The van der Waals surface area contributed by atoms with Crippen molar-refractivity contribution in [1.82, 2.24) is 4.90 Å². The molecule has 0 spiro atoms. The van der Waals surface area contributed by atoms with Crippen molar-refractivity contribution in [3.05, 3.63) is 83.4 Å². The summed E-state index contributed by atoms with van der Waals surface area (Å²) in [6, 6.07) is 22.0. The minimum atomic E-state index is 0.613. The molecule has 0 amide bonds. The van der Waals surface area contributed by atoms with Crippen molar-refractivity contribution in [3.8, 4) is 17.2 Å². The zero-order valence-electron chi connectivity index (χ0n) is 18.3. The smallest absolute Gasteiger partial charge is 0.174 e. The van der Waals surface area contributed by atoms with Crippen molar-refractivity contribution < 1.29 is 14.2 Å². The molecular formula is C25H28N2O3S. The fourth-order valence-electron chi connectivity index (χ4n) is 3.26. The Bertz CT molecular complexity index is 1020. The molecule has 0 aliphatic carbocycles. The lowest BCUT2D eigenvalue weighted by molar-refractivity contribution is 0.399. The monoisotopic (exact) mass is 436 g/mol. The maximum Gasteiger partial charge on any atom is 0.174 e. The average molecular weight is 437 g/mol. The highest BCUT2D eigenvalue weighted by atomic mass is 32.1. The first-order chi connectivity index (χ1) is 15.0. The number of methoxy groups -OCH3 is 3. The Morgan fingerprint density at radius 2 is 1.52 bits per heavy atom. The number of aryl methyl sites for hydroxylation is 1. The molecule has 0 fully saturated rings. The maximum atomic E-state index is 5.82. The van der Waals surface area contributed by atoms with Gasteiger partial charge in [0.1, 0.15) is 17.2 Å². The van der Waals surface area contributed by atoms with Crippen molar-refractivity contribution in [2.75, 3.05) is 26.6 Å². The number of hydrogen-bond donors (Lipinski definition) is 1. The fraction of sp³-hybridized carbons (Fsp3) is 0.240. The number of anilines is 1. The largest absolute Gasteiger partial charge is 0.497 e. The van der Waals surface area contributed by atoms with Gasteiger partial charge in [0.15, 0.2) is 5.11 Å². The molecule has 0 aromatic heterocycles. The SMILES string of the molecule is COc1ccc(CN(Cc2cccc(OC)c2)C(=S)Nc2cc(C)ccc2OC)cc1. The molecule has 0 atom stereocenters. The van der Waals surface area contributed by atoms with E-state index < -0.39 is 0 Å². The van der Waals surface area contributed by atoms with Gasteiger partial charge in [0.25, 0.3) is 0 Å². The average Bonchev–Trinajstić information content (AvgIpc) is 2.79. The van der Waals surface area contributed by atoms with Crippen LogP contribution in [0.1, 0.15) is 16.7 Å². The number of benzene rings is 3. The van der Waals surface area contributed by atoms with E-state index in [9.17, 15) is 0 Å². The molecule has 162 valence electrons. The topological polar surface area (TPSA) is 43.0 Å². The van der Waals surface area contributed by atoms with E-state index in [2.05, 4.69) is 16.3 Å². The molecule has 3 aromatic carbocycles. The van der Waals surface area contributed by atoms with E-state index >= 15 is 0 Å². The molecule has 0 radical (unpaired) electrons. The molecule has 1 N–H and O–H groups in total. The molecule has 0 saturated heterocycles. The predicted octanol–water partition coefficient (Wildman–Crippen LogP) is 5.42. The lowest BCUT2D eigenvalue weighted by Gasteiger charge is -2.27. The summed E-state index contributed by atoms with van der Waals surface area (Å²) in [5.41, 5.74) is 4.20. The number of thiocarbonyl (C=S) groups is 1. The Labute approximate surface area is 189 Å². The van der Waals surface area contributed by atoms with Gasteiger partial charge in [0.05, 0.1) is 27.0 Å². The van der Waals surface area contributed by atoms with Crippen LogP contribution in [0.5, 0.6) is 17.2 Å². The summed E-state index contributed by atoms with van der Waals surface area (Å²) in [6.45, 7) is 3.31. The second kappa shape index (κ2) is 10.7. The van der Waals surface area contributed by atoms with Crippen molar-refractivity contribution in [2.45, 2.75) is 20.0 Å². The second-order valence-electron chi connectivity index (χ2n) is 7.19. The van der Waals surface area contributed by atoms with Gasteiger partial charge in [-0.3, -0.25) is 0 Å². The third-order valence-corrected chi connectivity index (χ3v) is 5.28. The molecule has 31 heavy (non-hydrogen) atoms. The van der Waals surface area contributed by atoms with Crippen LogP contribution in [-0.4, -0.2) is 31.3 Å². The number of hydrogen-bond acceptors (Lipinski definition) is 4. The van der Waals surface area contributed by atoms with E-state index in [0.29, 0.717) is 18.2 Å². The van der Waals surface area contributed by atoms with E-state index in [4.69, 9.17) is 26.4 Å². The van der Waals surface area contributed by atoms with E-state index in [1.807, 2.05) is 67.6 Å². The van der Waals surface area contributed by atoms with E-state index in [1.54, 1.807) is 21.3 Å². The van der Waals surface area contributed by atoms with Gasteiger partial charge in [-0.15, -0.1) is 0 Å². The lowest BCUT2D eigenvalue weighted by atomic mass is 10.1. The third-order valence-electron chi connectivity index (χ3n) is 4.92.